The van der Waals surface area contributed by atoms with E-state index in [-0.39, 0.29) is 11.6 Å². The van der Waals surface area contributed by atoms with Crippen LogP contribution in [0.4, 0.5) is 4.79 Å². The molecule has 0 unspecified atom stereocenters. The quantitative estimate of drug-likeness (QED) is 0.763. The number of aliphatic carboxylic acids is 1. The molecule has 0 saturated carbocycles. The van der Waals surface area contributed by atoms with Crippen molar-refractivity contribution in [2.24, 2.45) is 5.41 Å². The first kappa shape index (κ1) is 18.5. The smallest absolute Gasteiger partial charge is 0.318 e. The van der Waals surface area contributed by atoms with Gasteiger partial charge in [0, 0.05) is 12.1 Å². The van der Waals surface area contributed by atoms with Crippen LogP contribution in [0.25, 0.3) is 0 Å². The minimum Gasteiger partial charge on any atom is -0.481 e. The summed E-state index contributed by atoms with van der Waals surface area (Å²) >= 11 is 0. The highest BCUT2D eigenvalue weighted by atomic mass is 16.4. The van der Waals surface area contributed by atoms with Crippen molar-refractivity contribution in [1.82, 2.24) is 10.2 Å². The van der Waals surface area contributed by atoms with Crippen molar-refractivity contribution in [2.45, 2.75) is 59.5 Å². The predicted molar refractivity (Wildman–Crippen MR) is 80.7 cm³/mol. The number of nitrogens with one attached hydrogen (secondary N) is 1. The Kier molecular flexibility index (Phi) is 5.41. The fourth-order valence-electron chi connectivity index (χ4n) is 1.55. The molecule has 0 saturated heterocycles. The Balaban J connectivity index is 5.24. The van der Waals surface area contributed by atoms with E-state index in [4.69, 9.17) is 0 Å². The third-order valence-electron chi connectivity index (χ3n) is 3.88. The molecule has 0 aromatic rings. The predicted octanol–water partition coefficient (Wildman–Crippen LogP) is 2.87. The molecule has 0 aromatic heterocycles. The van der Waals surface area contributed by atoms with Gasteiger partial charge in [0.15, 0.2) is 0 Å². The van der Waals surface area contributed by atoms with E-state index in [0.717, 1.165) is 0 Å². The van der Waals surface area contributed by atoms with E-state index in [0.29, 0.717) is 6.54 Å². The van der Waals surface area contributed by atoms with Crippen LogP contribution < -0.4 is 5.32 Å². The van der Waals surface area contributed by atoms with Gasteiger partial charge in [-0.15, -0.1) is 6.58 Å². The number of amides is 2. The van der Waals surface area contributed by atoms with Gasteiger partial charge in [-0.3, -0.25) is 4.79 Å². The second-order valence-corrected chi connectivity index (χ2v) is 7.06. The maximum atomic E-state index is 12.4. The number of carbonyl (C=O) groups excluding carboxylic acids is 1. The molecular weight excluding hydrogens is 256 g/mol. The van der Waals surface area contributed by atoms with Gasteiger partial charge in [-0.05, 0) is 48.5 Å². The van der Waals surface area contributed by atoms with Gasteiger partial charge in [0.05, 0.1) is 11.0 Å². The molecule has 0 aliphatic carbocycles. The lowest BCUT2D eigenvalue weighted by atomic mass is 9.74. The number of hydrogen-bond donors (Lipinski definition) is 2. The van der Waals surface area contributed by atoms with Crippen molar-refractivity contribution < 1.29 is 14.7 Å². The van der Waals surface area contributed by atoms with Crippen LogP contribution in [0, 0.1) is 5.41 Å². The van der Waals surface area contributed by atoms with E-state index in [1.807, 2.05) is 20.8 Å². The summed E-state index contributed by atoms with van der Waals surface area (Å²) in [6.07, 6.45) is 1.65. The summed E-state index contributed by atoms with van der Waals surface area (Å²) < 4.78 is 0. The monoisotopic (exact) mass is 284 g/mol. The molecule has 0 aromatic carbocycles. The van der Waals surface area contributed by atoms with Crippen LogP contribution in [-0.2, 0) is 4.79 Å². The van der Waals surface area contributed by atoms with Crippen molar-refractivity contribution in [3.63, 3.8) is 0 Å². The zero-order valence-corrected chi connectivity index (χ0v) is 13.7. The van der Waals surface area contributed by atoms with Crippen molar-refractivity contribution in [1.29, 1.82) is 0 Å². The van der Waals surface area contributed by atoms with Crippen molar-refractivity contribution in [3.05, 3.63) is 12.7 Å². The van der Waals surface area contributed by atoms with Gasteiger partial charge < -0.3 is 15.3 Å². The second kappa shape index (κ2) is 5.85. The van der Waals surface area contributed by atoms with E-state index >= 15 is 0 Å². The maximum Gasteiger partial charge on any atom is 0.318 e. The molecule has 2 amide bonds. The fourth-order valence-corrected chi connectivity index (χ4v) is 1.55. The van der Waals surface area contributed by atoms with Crippen molar-refractivity contribution >= 4 is 12.0 Å². The first-order valence-corrected chi connectivity index (χ1v) is 6.71. The Morgan fingerprint density at radius 3 is 1.90 bits per heavy atom. The van der Waals surface area contributed by atoms with Crippen LogP contribution >= 0.6 is 0 Å². The molecule has 116 valence electrons. The SMILES string of the molecule is C=CCN(C(=O)NC(C)(C)C(C)(C)C(=O)O)C(C)(C)C. The average molecular weight is 284 g/mol. The highest BCUT2D eigenvalue weighted by Gasteiger charge is 2.45. The molecule has 0 bridgehead atoms. The molecule has 0 atom stereocenters. The van der Waals surface area contributed by atoms with E-state index in [2.05, 4.69) is 11.9 Å². The van der Waals surface area contributed by atoms with Crippen LogP contribution in [0.5, 0.6) is 0 Å². The summed E-state index contributed by atoms with van der Waals surface area (Å²) in [5.41, 5.74) is -2.34. The molecule has 0 spiro atoms. The molecule has 5 nitrogen and oxygen atoms in total. The molecule has 0 rings (SSSR count). The third-order valence-corrected chi connectivity index (χ3v) is 3.88. The molecule has 0 aliphatic heterocycles. The maximum absolute atomic E-state index is 12.4. The Morgan fingerprint density at radius 1 is 1.15 bits per heavy atom. The van der Waals surface area contributed by atoms with Gasteiger partial charge >= 0.3 is 12.0 Å². The van der Waals surface area contributed by atoms with Crippen molar-refractivity contribution in [3.8, 4) is 0 Å². The minimum absolute atomic E-state index is 0.295. The largest absolute Gasteiger partial charge is 0.481 e. The van der Waals surface area contributed by atoms with Crippen molar-refractivity contribution in [2.75, 3.05) is 6.54 Å². The summed E-state index contributed by atoms with van der Waals surface area (Å²) in [7, 11) is 0. The second-order valence-electron chi connectivity index (χ2n) is 7.06. The molecule has 0 aliphatic rings. The number of rotatable bonds is 5. The van der Waals surface area contributed by atoms with E-state index < -0.39 is 16.9 Å². The summed E-state index contributed by atoms with van der Waals surface area (Å²) in [5, 5.41) is 12.1. The molecular formula is C15H28N2O3. The van der Waals surface area contributed by atoms with Gasteiger partial charge in [-0.2, -0.15) is 0 Å². The number of carboxylic acids is 1. The normalized spacial score (nSPS) is 12.8. The van der Waals surface area contributed by atoms with Gasteiger partial charge in [0.1, 0.15) is 0 Å². The molecule has 0 radical (unpaired) electrons. The van der Waals surface area contributed by atoms with E-state index in [9.17, 15) is 14.7 Å². The lowest BCUT2D eigenvalue weighted by Gasteiger charge is -2.42. The highest BCUT2D eigenvalue weighted by Crippen LogP contribution is 2.31. The number of nitrogens with zero attached hydrogens (tertiary/aromatic N) is 1. The number of carboxylic acid groups (broad SMARTS) is 1. The summed E-state index contributed by atoms with van der Waals surface area (Å²) in [6, 6.07) is -0.295. The number of carbonyl (C=O) groups is 2. The minimum atomic E-state index is -1.08. The topological polar surface area (TPSA) is 69.6 Å². The van der Waals surface area contributed by atoms with E-state index in [1.165, 1.54) is 0 Å². The summed E-state index contributed by atoms with van der Waals surface area (Å²) in [4.78, 5) is 25.4. The van der Waals surface area contributed by atoms with Gasteiger partial charge in [0.25, 0.3) is 0 Å². The Morgan fingerprint density at radius 2 is 1.60 bits per heavy atom. The Bertz CT molecular complexity index is 392. The Hall–Kier alpha value is -1.52. The van der Waals surface area contributed by atoms with Gasteiger partial charge in [0.2, 0.25) is 0 Å². The van der Waals surface area contributed by atoms with Crippen LogP contribution in [-0.4, -0.2) is 39.6 Å². The average Bonchev–Trinajstić information content (AvgIpc) is 2.22. The van der Waals surface area contributed by atoms with E-state index in [1.54, 1.807) is 38.7 Å². The summed E-state index contributed by atoms with van der Waals surface area (Å²) in [5.74, 6) is -0.950. The van der Waals surface area contributed by atoms with Crippen LogP contribution in [0.2, 0.25) is 0 Å². The lowest BCUT2D eigenvalue weighted by molar-refractivity contribution is -0.150. The van der Waals surface area contributed by atoms with Crippen LogP contribution in [0.3, 0.4) is 0 Å². The van der Waals surface area contributed by atoms with Gasteiger partial charge in [-0.1, -0.05) is 6.08 Å². The zero-order chi connectivity index (χ0) is 16.4. The lowest BCUT2D eigenvalue weighted by Crippen LogP contribution is -2.61. The van der Waals surface area contributed by atoms with Crippen LogP contribution in [0.1, 0.15) is 48.5 Å². The van der Waals surface area contributed by atoms with Crippen LogP contribution in [0.15, 0.2) is 12.7 Å². The highest BCUT2D eigenvalue weighted by molar-refractivity contribution is 5.80. The zero-order valence-electron chi connectivity index (χ0n) is 13.7. The Labute approximate surface area is 122 Å². The number of urea groups is 1. The molecule has 0 heterocycles. The van der Waals surface area contributed by atoms with Gasteiger partial charge in [-0.25, -0.2) is 4.79 Å². The molecule has 20 heavy (non-hydrogen) atoms. The third kappa shape index (κ3) is 3.99. The molecule has 2 N–H and O–H groups in total. The first-order valence-electron chi connectivity index (χ1n) is 6.71. The molecule has 5 heteroatoms. The standard InChI is InChI=1S/C15H28N2O3/c1-9-10-17(13(2,3)4)12(20)16-15(7,8)14(5,6)11(18)19/h9H,1,10H2,2-8H3,(H,16,20)(H,18,19). The summed E-state index contributed by atoms with van der Waals surface area (Å²) in [6.45, 7) is 16.5. The number of hydrogen-bond acceptors (Lipinski definition) is 2. The first-order chi connectivity index (χ1) is 8.77. The molecule has 0 fully saturated rings. The fraction of sp³-hybridized carbons (Fsp3) is 0.733.